The van der Waals surface area contributed by atoms with Crippen LogP contribution in [-0.2, 0) is 14.8 Å². The molecule has 0 radical (unpaired) electrons. The number of rotatable bonds is 5. The lowest BCUT2D eigenvalue weighted by atomic mass is 9.97. The van der Waals surface area contributed by atoms with E-state index in [2.05, 4.69) is 9.46 Å². The Kier molecular flexibility index (Phi) is 5.84. The predicted octanol–water partition coefficient (Wildman–Crippen LogP) is 1.45. The van der Waals surface area contributed by atoms with Crippen molar-refractivity contribution in [1.29, 1.82) is 0 Å². The maximum atomic E-state index is 12.3. The summed E-state index contributed by atoms with van der Waals surface area (Å²) >= 11 is 0. The molecule has 7 nitrogen and oxygen atoms in total. The van der Waals surface area contributed by atoms with E-state index in [0.717, 1.165) is 12.8 Å². The summed E-state index contributed by atoms with van der Waals surface area (Å²) in [6, 6.07) is 6.36. The van der Waals surface area contributed by atoms with Crippen LogP contribution in [0.5, 0.6) is 5.75 Å². The predicted molar refractivity (Wildman–Crippen MR) is 84.9 cm³/mol. The van der Waals surface area contributed by atoms with Gasteiger partial charge in [0, 0.05) is 25.7 Å². The van der Waals surface area contributed by atoms with E-state index < -0.39 is 10.0 Å². The summed E-state index contributed by atoms with van der Waals surface area (Å²) in [7, 11) is -0.710. The van der Waals surface area contributed by atoms with Crippen LogP contribution in [-0.4, -0.2) is 53.3 Å². The molecule has 23 heavy (non-hydrogen) atoms. The van der Waals surface area contributed by atoms with E-state index in [1.54, 1.807) is 17.0 Å². The second-order valence-electron chi connectivity index (χ2n) is 5.43. The minimum Gasteiger partial charge on any atom is -0.497 e. The van der Waals surface area contributed by atoms with E-state index in [0.29, 0.717) is 25.4 Å². The third-order valence-electron chi connectivity index (χ3n) is 3.96. The van der Waals surface area contributed by atoms with Crippen LogP contribution in [0.3, 0.4) is 0 Å². The van der Waals surface area contributed by atoms with Gasteiger partial charge in [0.15, 0.2) is 0 Å². The number of amides is 1. The highest BCUT2D eigenvalue weighted by atomic mass is 32.2. The number of piperidine rings is 1. The minimum atomic E-state index is -3.56. The van der Waals surface area contributed by atoms with Gasteiger partial charge in [-0.25, -0.2) is 17.9 Å². The Morgan fingerprint density at radius 3 is 2.61 bits per heavy atom. The molecule has 1 heterocycles. The first kappa shape index (κ1) is 17.6. The Labute approximate surface area is 136 Å². The lowest BCUT2D eigenvalue weighted by Crippen LogP contribution is -2.41. The number of nitrogens with zero attached hydrogens (tertiary/aromatic N) is 1. The highest BCUT2D eigenvalue weighted by Gasteiger charge is 2.24. The van der Waals surface area contributed by atoms with Gasteiger partial charge in [0.25, 0.3) is 0 Å². The Morgan fingerprint density at radius 2 is 2.00 bits per heavy atom. The molecule has 2 rings (SSSR count). The first-order valence-electron chi connectivity index (χ1n) is 7.43. The molecule has 1 saturated heterocycles. The van der Waals surface area contributed by atoms with Crippen LogP contribution in [0.15, 0.2) is 29.2 Å². The van der Waals surface area contributed by atoms with Crippen LogP contribution < -0.4 is 9.46 Å². The molecule has 1 aromatic rings. The molecule has 8 heteroatoms. The standard InChI is InChI=1S/C15H22N2O5S/c1-21-13-4-3-5-14(10-13)23(19,20)16-11-12-6-8-17(9-7-12)15(18)22-2/h3-5,10,12,16H,6-9,11H2,1-2H3. The molecular weight excluding hydrogens is 320 g/mol. The van der Waals surface area contributed by atoms with E-state index >= 15 is 0 Å². The van der Waals surface area contributed by atoms with Crippen LogP contribution >= 0.6 is 0 Å². The number of hydrogen-bond donors (Lipinski definition) is 1. The van der Waals surface area contributed by atoms with Crippen LogP contribution in [0, 0.1) is 5.92 Å². The van der Waals surface area contributed by atoms with Crippen molar-refractivity contribution >= 4 is 16.1 Å². The minimum absolute atomic E-state index is 0.184. The molecule has 0 unspecified atom stereocenters. The van der Waals surface area contributed by atoms with Gasteiger partial charge in [0.1, 0.15) is 5.75 Å². The summed E-state index contributed by atoms with van der Waals surface area (Å²) in [6.45, 7) is 1.52. The van der Waals surface area contributed by atoms with Crippen LogP contribution in [0.25, 0.3) is 0 Å². The van der Waals surface area contributed by atoms with Gasteiger partial charge in [0.05, 0.1) is 19.1 Å². The third kappa shape index (κ3) is 4.59. The summed E-state index contributed by atoms with van der Waals surface area (Å²) < 4.78 is 37.0. The smallest absolute Gasteiger partial charge is 0.409 e. The number of benzene rings is 1. The van der Waals surface area contributed by atoms with Crippen molar-refractivity contribution in [2.75, 3.05) is 33.9 Å². The van der Waals surface area contributed by atoms with Crippen molar-refractivity contribution in [2.24, 2.45) is 5.92 Å². The van der Waals surface area contributed by atoms with Gasteiger partial charge in [-0.15, -0.1) is 0 Å². The molecule has 0 aliphatic carbocycles. The van der Waals surface area contributed by atoms with E-state index in [-0.39, 0.29) is 16.9 Å². The van der Waals surface area contributed by atoms with Gasteiger partial charge >= 0.3 is 6.09 Å². The number of nitrogens with one attached hydrogen (secondary N) is 1. The highest BCUT2D eigenvalue weighted by molar-refractivity contribution is 7.89. The number of sulfonamides is 1. The number of likely N-dealkylation sites (tertiary alicyclic amines) is 1. The summed E-state index contributed by atoms with van der Waals surface area (Å²) in [5, 5.41) is 0. The second-order valence-corrected chi connectivity index (χ2v) is 7.20. The average Bonchev–Trinajstić information content (AvgIpc) is 2.60. The molecule has 0 atom stereocenters. The lowest BCUT2D eigenvalue weighted by Gasteiger charge is -2.30. The normalized spacial score (nSPS) is 16.2. The zero-order valence-corrected chi connectivity index (χ0v) is 14.1. The Balaban J connectivity index is 1.89. The average molecular weight is 342 g/mol. The Morgan fingerprint density at radius 1 is 1.30 bits per heavy atom. The number of ether oxygens (including phenoxy) is 2. The molecule has 1 aliphatic heterocycles. The van der Waals surface area contributed by atoms with Crippen molar-refractivity contribution in [3.05, 3.63) is 24.3 Å². The first-order chi connectivity index (χ1) is 11.0. The molecular formula is C15H22N2O5S. The zero-order chi connectivity index (χ0) is 16.9. The number of carbonyl (C=O) groups excluding carboxylic acids is 1. The molecule has 0 saturated carbocycles. The summed E-state index contributed by atoms with van der Waals surface area (Å²) in [4.78, 5) is 13.2. The van der Waals surface area contributed by atoms with E-state index in [1.807, 2.05) is 0 Å². The number of hydrogen-bond acceptors (Lipinski definition) is 5. The molecule has 0 bridgehead atoms. The van der Waals surface area contributed by atoms with Crippen LogP contribution in [0.1, 0.15) is 12.8 Å². The van der Waals surface area contributed by atoms with Crippen molar-refractivity contribution in [3.8, 4) is 5.75 Å². The summed E-state index contributed by atoms with van der Waals surface area (Å²) in [5.41, 5.74) is 0. The molecule has 0 aromatic heterocycles. The molecule has 0 spiro atoms. The molecule has 1 aromatic carbocycles. The number of methoxy groups -OCH3 is 2. The Bertz CT molecular complexity index is 639. The first-order valence-corrected chi connectivity index (χ1v) is 8.91. The lowest BCUT2D eigenvalue weighted by molar-refractivity contribution is 0.106. The van der Waals surface area contributed by atoms with Gasteiger partial charge in [-0.05, 0) is 30.9 Å². The van der Waals surface area contributed by atoms with Gasteiger partial charge in [-0.3, -0.25) is 0 Å². The van der Waals surface area contributed by atoms with Gasteiger partial charge < -0.3 is 14.4 Å². The molecule has 1 amide bonds. The largest absolute Gasteiger partial charge is 0.497 e. The fourth-order valence-electron chi connectivity index (χ4n) is 2.53. The summed E-state index contributed by atoms with van der Waals surface area (Å²) in [6.07, 6.45) is 1.16. The molecule has 1 fully saturated rings. The topological polar surface area (TPSA) is 84.9 Å². The van der Waals surface area contributed by atoms with Crippen molar-refractivity contribution in [3.63, 3.8) is 0 Å². The van der Waals surface area contributed by atoms with Crippen molar-refractivity contribution < 1.29 is 22.7 Å². The van der Waals surface area contributed by atoms with Crippen molar-refractivity contribution in [1.82, 2.24) is 9.62 Å². The second kappa shape index (κ2) is 7.65. The van der Waals surface area contributed by atoms with Gasteiger partial charge in [-0.1, -0.05) is 6.07 Å². The van der Waals surface area contributed by atoms with Crippen LogP contribution in [0.2, 0.25) is 0 Å². The van der Waals surface area contributed by atoms with E-state index in [1.165, 1.54) is 26.4 Å². The fourth-order valence-corrected chi connectivity index (χ4v) is 3.68. The zero-order valence-electron chi connectivity index (χ0n) is 13.3. The highest BCUT2D eigenvalue weighted by Crippen LogP contribution is 2.20. The number of carbonyl (C=O) groups is 1. The van der Waals surface area contributed by atoms with Gasteiger partial charge in [0.2, 0.25) is 10.0 Å². The quantitative estimate of drug-likeness (QED) is 0.875. The van der Waals surface area contributed by atoms with E-state index in [9.17, 15) is 13.2 Å². The van der Waals surface area contributed by atoms with Crippen molar-refractivity contribution in [2.45, 2.75) is 17.7 Å². The third-order valence-corrected chi connectivity index (χ3v) is 5.38. The maximum Gasteiger partial charge on any atom is 0.409 e. The molecule has 1 aliphatic rings. The molecule has 128 valence electrons. The van der Waals surface area contributed by atoms with E-state index in [4.69, 9.17) is 4.74 Å². The Hall–Kier alpha value is -1.80. The molecule has 1 N–H and O–H groups in total. The van der Waals surface area contributed by atoms with Crippen LogP contribution in [0.4, 0.5) is 4.79 Å². The van der Waals surface area contributed by atoms with Gasteiger partial charge in [-0.2, -0.15) is 0 Å². The fraction of sp³-hybridized carbons (Fsp3) is 0.533. The maximum absolute atomic E-state index is 12.3. The summed E-state index contributed by atoms with van der Waals surface area (Å²) in [5.74, 6) is 0.704. The monoisotopic (exact) mass is 342 g/mol. The SMILES string of the molecule is COC(=O)N1CCC(CNS(=O)(=O)c2cccc(OC)c2)CC1.